The third-order valence-electron chi connectivity index (χ3n) is 2.53. The van der Waals surface area contributed by atoms with Crippen molar-refractivity contribution in [3.63, 3.8) is 0 Å². The molecule has 0 aliphatic carbocycles. The van der Waals surface area contributed by atoms with Gasteiger partial charge in [-0.15, -0.1) is 11.3 Å². The highest BCUT2D eigenvalue weighted by Crippen LogP contribution is 2.26. The Bertz CT molecular complexity index is 666. The Morgan fingerprint density at radius 2 is 2.15 bits per heavy atom. The average molecular weight is 292 g/mol. The second-order valence-corrected chi connectivity index (χ2v) is 4.79. The molecule has 0 aliphatic heterocycles. The number of hydrogen-bond acceptors (Lipinski definition) is 6. The number of thiazole rings is 1. The number of hydrogen-bond donors (Lipinski definition) is 2. The Labute approximate surface area is 119 Å². The van der Waals surface area contributed by atoms with Crippen LogP contribution in [0, 0.1) is 0 Å². The van der Waals surface area contributed by atoms with Crippen LogP contribution in [0.15, 0.2) is 23.6 Å². The SMILES string of the molecule is COc1ccc(C(=O)Nc2nc(C(C)=O)cs2)cc1O. The molecule has 1 aromatic heterocycles. The van der Waals surface area contributed by atoms with Crippen LogP contribution in [0.4, 0.5) is 5.13 Å². The van der Waals surface area contributed by atoms with E-state index in [-0.39, 0.29) is 22.8 Å². The molecule has 0 aliphatic rings. The number of Topliss-reactive ketones (excluding diaryl/α,β-unsaturated/α-hetero) is 1. The van der Waals surface area contributed by atoms with Crippen molar-refractivity contribution in [2.24, 2.45) is 0 Å². The lowest BCUT2D eigenvalue weighted by atomic mass is 10.2. The number of amides is 1. The molecule has 104 valence electrons. The number of carbonyl (C=O) groups excluding carboxylic acids is 2. The van der Waals surface area contributed by atoms with Crippen molar-refractivity contribution in [2.75, 3.05) is 12.4 Å². The minimum Gasteiger partial charge on any atom is -0.504 e. The largest absolute Gasteiger partial charge is 0.504 e. The standard InChI is InChI=1S/C13H12N2O4S/c1-7(16)9-6-20-13(14-9)15-12(18)8-3-4-11(19-2)10(17)5-8/h3-6,17H,1-2H3,(H,14,15,18). The number of methoxy groups -OCH3 is 1. The molecule has 0 saturated heterocycles. The second kappa shape index (κ2) is 5.70. The maximum atomic E-state index is 12.0. The van der Waals surface area contributed by atoms with E-state index in [1.54, 1.807) is 5.38 Å². The van der Waals surface area contributed by atoms with Crippen LogP contribution >= 0.6 is 11.3 Å². The van der Waals surface area contributed by atoms with Crippen molar-refractivity contribution in [3.05, 3.63) is 34.8 Å². The van der Waals surface area contributed by atoms with E-state index in [0.717, 1.165) is 11.3 Å². The summed E-state index contributed by atoms with van der Waals surface area (Å²) in [5.41, 5.74) is 0.575. The van der Waals surface area contributed by atoms with E-state index in [1.165, 1.54) is 32.2 Å². The maximum absolute atomic E-state index is 12.0. The molecule has 7 heteroatoms. The lowest BCUT2D eigenvalue weighted by molar-refractivity contribution is 0.100. The molecule has 0 unspecified atom stereocenters. The number of rotatable bonds is 4. The number of nitrogens with one attached hydrogen (secondary N) is 1. The van der Waals surface area contributed by atoms with Crippen molar-refractivity contribution >= 4 is 28.2 Å². The molecule has 1 aromatic carbocycles. The van der Waals surface area contributed by atoms with Crippen molar-refractivity contribution in [1.29, 1.82) is 0 Å². The summed E-state index contributed by atoms with van der Waals surface area (Å²) in [5.74, 6) is -0.422. The van der Waals surface area contributed by atoms with Crippen LogP contribution in [0.3, 0.4) is 0 Å². The molecule has 0 spiro atoms. The highest BCUT2D eigenvalue weighted by atomic mass is 32.1. The number of phenols is 1. The van der Waals surface area contributed by atoms with E-state index in [4.69, 9.17) is 4.74 Å². The molecular formula is C13H12N2O4S. The average Bonchev–Trinajstić information content (AvgIpc) is 2.87. The van der Waals surface area contributed by atoms with Gasteiger partial charge in [0.05, 0.1) is 7.11 Å². The van der Waals surface area contributed by atoms with Crippen LogP contribution in [0.25, 0.3) is 0 Å². The molecule has 20 heavy (non-hydrogen) atoms. The Kier molecular flexibility index (Phi) is 3.99. The number of anilines is 1. The number of benzene rings is 1. The Hall–Kier alpha value is -2.41. The van der Waals surface area contributed by atoms with E-state index in [1.807, 2.05) is 0 Å². The number of phenolic OH excluding ortho intramolecular Hbond substituents is 1. The van der Waals surface area contributed by atoms with Gasteiger partial charge in [-0.05, 0) is 18.2 Å². The number of aromatic nitrogens is 1. The first-order valence-electron chi connectivity index (χ1n) is 5.66. The number of carbonyl (C=O) groups is 2. The first kappa shape index (κ1) is 14.0. The maximum Gasteiger partial charge on any atom is 0.257 e. The summed E-state index contributed by atoms with van der Waals surface area (Å²) in [6.45, 7) is 1.40. The molecular weight excluding hydrogens is 280 g/mol. The molecule has 2 aromatic rings. The molecule has 2 rings (SSSR count). The molecule has 0 atom stereocenters. The summed E-state index contributed by atoms with van der Waals surface area (Å²) in [7, 11) is 1.42. The predicted molar refractivity (Wildman–Crippen MR) is 74.7 cm³/mol. The summed E-state index contributed by atoms with van der Waals surface area (Å²) in [5, 5.41) is 14.1. The number of aromatic hydroxyl groups is 1. The fourth-order valence-electron chi connectivity index (χ4n) is 1.49. The number of ether oxygens (including phenoxy) is 1. The normalized spacial score (nSPS) is 10.1. The fourth-order valence-corrected chi connectivity index (χ4v) is 2.24. The molecule has 1 amide bonds. The van der Waals surface area contributed by atoms with Crippen molar-refractivity contribution < 1.29 is 19.4 Å². The molecule has 6 nitrogen and oxygen atoms in total. The van der Waals surface area contributed by atoms with Gasteiger partial charge in [0.1, 0.15) is 5.69 Å². The van der Waals surface area contributed by atoms with Crippen molar-refractivity contribution in [2.45, 2.75) is 6.92 Å². The summed E-state index contributed by atoms with van der Waals surface area (Å²) in [4.78, 5) is 27.1. The predicted octanol–water partition coefficient (Wildman–Crippen LogP) is 2.31. The highest BCUT2D eigenvalue weighted by Gasteiger charge is 2.12. The van der Waals surface area contributed by atoms with E-state index in [9.17, 15) is 14.7 Å². The van der Waals surface area contributed by atoms with E-state index < -0.39 is 5.91 Å². The Morgan fingerprint density at radius 3 is 2.70 bits per heavy atom. The van der Waals surface area contributed by atoms with Gasteiger partial charge in [-0.1, -0.05) is 0 Å². The topological polar surface area (TPSA) is 88.5 Å². The zero-order valence-corrected chi connectivity index (χ0v) is 11.7. The first-order chi connectivity index (χ1) is 9.51. The van der Waals surface area contributed by atoms with Gasteiger partial charge in [0.25, 0.3) is 5.91 Å². The third-order valence-corrected chi connectivity index (χ3v) is 3.28. The number of ketones is 1. The van der Waals surface area contributed by atoms with Crippen LogP contribution in [0.1, 0.15) is 27.8 Å². The third kappa shape index (κ3) is 2.94. The summed E-state index contributed by atoms with van der Waals surface area (Å²) >= 11 is 1.16. The van der Waals surface area contributed by atoms with Gasteiger partial charge in [-0.3, -0.25) is 14.9 Å². The Morgan fingerprint density at radius 1 is 1.40 bits per heavy atom. The lowest BCUT2D eigenvalue weighted by Gasteiger charge is -2.05. The number of nitrogens with zero attached hydrogens (tertiary/aromatic N) is 1. The summed E-state index contributed by atoms with van der Waals surface area (Å²) in [6, 6.07) is 4.31. The van der Waals surface area contributed by atoms with Gasteiger partial charge in [0.15, 0.2) is 22.4 Å². The van der Waals surface area contributed by atoms with Gasteiger partial charge in [-0.2, -0.15) is 0 Å². The molecule has 0 radical (unpaired) electrons. The summed E-state index contributed by atoms with van der Waals surface area (Å²) in [6.07, 6.45) is 0. The van der Waals surface area contributed by atoms with Crippen molar-refractivity contribution in [3.8, 4) is 11.5 Å². The van der Waals surface area contributed by atoms with Gasteiger partial charge in [-0.25, -0.2) is 4.98 Å². The zero-order valence-electron chi connectivity index (χ0n) is 10.8. The minimum absolute atomic E-state index is 0.122. The van der Waals surface area contributed by atoms with Gasteiger partial charge in [0, 0.05) is 17.9 Å². The smallest absolute Gasteiger partial charge is 0.257 e. The minimum atomic E-state index is -0.424. The first-order valence-corrected chi connectivity index (χ1v) is 6.54. The van der Waals surface area contributed by atoms with Crippen LogP contribution < -0.4 is 10.1 Å². The van der Waals surface area contributed by atoms with Gasteiger partial charge in [0.2, 0.25) is 0 Å². The highest BCUT2D eigenvalue weighted by molar-refractivity contribution is 7.14. The van der Waals surface area contributed by atoms with Crippen LogP contribution in [-0.4, -0.2) is 28.9 Å². The quantitative estimate of drug-likeness (QED) is 0.844. The second-order valence-electron chi connectivity index (χ2n) is 3.93. The van der Waals surface area contributed by atoms with Gasteiger partial charge >= 0.3 is 0 Å². The molecule has 1 heterocycles. The van der Waals surface area contributed by atoms with E-state index in [0.29, 0.717) is 10.8 Å². The van der Waals surface area contributed by atoms with Crippen LogP contribution in [-0.2, 0) is 0 Å². The monoisotopic (exact) mass is 292 g/mol. The summed E-state index contributed by atoms with van der Waals surface area (Å²) < 4.78 is 4.90. The lowest BCUT2D eigenvalue weighted by Crippen LogP contribution is -2.11. The molecule has 0 bridgehead atoms. The molecule has 0 saturated carbocycles. The zero-order chi connectivity index (χ0) is 14.7. The molecule has 2 N–H and O–H groups in total. The van der Waals surface area contributed by atoms with Crippen molar-refractivity contribution in [1.82, 2.24) is 4.98 Å². The Balaban J connectivity index is 2.15. The molecule has 0 fully saturated rings. The van der Waals surface area contributed by atoms with Crippen LogP contribution in [0.5, 0.6) is 11.5 Å². The fraction of sp³-hybridized carbons (Fsp3) is 0.154. The van der Waals surface area contributed by atoms with Crippen LogP contribution in [0.2, 0.25) is 0 Å². The van der Waals surface area contributed by atoms with E-state index in [2.05, 4.69) is 10.3 Å². The van der Waals surface area contributed by atoms with Gasteiger partial charge < -0.3 is 9.84 Å². The van der Waals surface area contributed by atoms with E-state index >= 15 is 0 Å².